The van der Waals surface area contributed by atoms with E-state index in [1.807, 2.05) is 25.2 Å². The molecule has 0 spiro atoms. The Bertz CT molecular complexity index is 1710. The summed E-state index contributed by atoms with van der Waals surface area (Å²) in [5.74, 6) is -6.27. The van der Waals surface area contributed by atoms with E-state index in [0.29, 0.717) is 0 Å². The average Bonchev–Trinajstić information content (AvgIpc) is 3.25. The van der Waals surface area contributed by atoms with Gasteiger partial charge in [-0.2, -0.15) is 0 Å². The van der Waals surface area contributed by atoms with Crippen LogP contribution in [-0.2, 0) is 33.3 Å². The summed E-state index contributed by atoms with van der Waals surface area (Å²) in [6, 6.07) is -1.15. The molecule has 374 valence electrons. The van der Waals surface area contributed by atoms with Crippen molar-refractivity contribution >= 4 is 11.9 Å². The van der Waals surface area contributed by atoms with Gasteiger partial charge in [-0.15, -0.1) is 0 Å². The molecule has 18 heteroatoms. The molecule has 2 fully saturated rings. The topological polar surface area (TPSA) is 309 Å². The molecule has 3 aliphatic heterocycles. The van der Waals surface area contributed by atoms with E-state index >= 15 is 0 Å². The third-order valence-corrected chi connectivity index (χ3v) is 12.2. The molecule has 0 amide bonds. The largest absolute Gasteiger partial charge is 0.469 e. The number of allylic oxidation sites excluding steroid dienone is 12. The Morgan fingerprint density at radius 3 is 1.89 bits per heavy atom. The second kappa shape index (κ2) is 28.1. The van der Waals surface area contributed by atoms with Crippen LogP contribution in [0.1, 0.15) is 80.4 Å². The molecule has 3 aliphatic rings. The highest BCUT2D eigenvalue weighted by atomic mass is 16.7. The Hall–Kier alpha value is -3.44. The number of cyclic esters (lactones) is 1. The Balaban J connectivity index is 1.90. The lowest BCUT2D eigenvalue weighted by atomic mass is 9.82. The first-order valence-corrected chi connectivity index (χ1v) is 22.6. The molecule has 3 rings (SSSR count). The molecule has 19 atom stereocenters. The number of hydrogen-bond acceptors (Lipinski definition) is 18. The zero-order valence-corrected chi connectivity index (χ0v) is 38.2. The SMILES string of the molecule is [2H]COC(=O)[C@H]1[C@@H]2C[C@@H](O[C@@H]3O[C@H](C)[C@@H](O)[C@H](N)[C@@H]3O)C=CC=CC=CC=CC=CC=CC=C[C@H](C)[C@@H](O)[C@@H](C)[C@H](C)OC(=O)C[C@H](O)C[C@H](O)CC[C@@H](O)[C@H](O)C[C@H](O)C[C@](O)(C[C@@H]1O)O2. The van der Waals surface area contributed by atoms with E-state index in [4.69, 9.17) is 30.8 Å². The second-order valence-corrected chi connectivity index (χ2v) is 17.7. The van der Waals surface area contributed by atoms with Crippen LogP contribution in [0.25, 0.3) is 0 Å². The molecule has 0 aromatic heterocycles. The first-order chi connectivity index (χ1) is 31.7. The second-order valence-electron chi connectivity index (χ2n) is 17.7. The van der Waals surface area contributed by atoms with Gasteiger partial charge in [0.15, 0.2) is 12.1 Å². The normalized spacial score (nSPS) is 41.7. The molecule has 3 heterocycles. The quantitative estimate of drug-likeness (QED) is 0.174. The standard InChI is InChI=1S/C48H75NO17/c1-28-18-16-14-12-10-8-6-7-9-11-13-15-17-19-35(65-47-45(59)42(49)44(58)31(4)64-47)25-39-41(46(60)62-5)38(55)27-48(61,66-39)26-34(52)23-37(54)36(53)21-20-32(50)22-33(51)24-40(56)63-30(3)29(2)43(28)57/h6-19,28-39,41-45,47,50-55,57-59,61H,20-27,49H2,1-5H3/t28-,29-,30-,31+,32+,33+,34-,35-,36+,37+,38-,39-,41+,42-,43+,44+,45-,47-,48+/m0/s1/i5D. The molecular weight excluding hydrogens is 863 g/mol. The molecule has 0 saturated carbocycles. The highest BCUT2D eigenvalue weighted by Gasteiger charge is 2.51. The van der Waals surface area contributed by atoms with E-state index in [1.165, 1.54) is 13.0 Å². The van der Waals surface area contributed by atoms with Crippen molar-refractivity contribution in [3.05, 3.63) is 85.1 Å². The summed E-state index contributed by atoms with van der Waals surface area (Å²) in [6.45, 7) is 6.75. The lowest BCUT2D eigenvalue weighted by Gasteiger charge is -2.45. The maximum absolute atomic E-state index is 13.2. The van der Waals surface area contributed by atoms with Crippen LogP contribution in [0.15, 0.2) is 85.1 Å². The molecule has 0 aromatic carbocycles. The molecule has 0 radical (unpaired) electrons. The third-order valence-electron chi connectivity index (χ3n) is 12.2. The predicted octanol–water partition coefficient (Wildman–Crippen LogP) is 0.800. The van der Waals surface area contributed by atoms with Crippen molar-refractivity contribution in [3.8, 4) is 0 Å². The summed E-state index contributed by atoms with van der Waals surface area (Å²) >= 11 is 0. The van der Waals surface area contributed by atoms with Crippen molar-refractivity contribution in [1.29, 1.82) is 0 Å². The van der Waals surface area contributed by atoms with Gasteiger partial charge in [0.2, 0.25) is 0 Å². The number of aliphatic hydroxyl groups excluding tert-OH is 9. The zero-order chi connectivity index (χ0) is 49.8. The van der Waals surface area contributed by atoms with E-state index in [2.05, 4.69) is 0 Å². The highest BCUT2D eigenvalue weighted by molar-refractivity contribution is 5.74. The molecule has 0 aromatic rings. The van der Waals surface area contributed by atoms with Crippen LogP contribution in [0.5, 0.6) is 0 Å². The number of fused-ring (bicyclic) bond motifs is 2. The Kier molecular flexibility index (Phi) is 23.5. The first-order valence-electron chi connectivity index (χ1n) is 23.3. The number of carbonyl (C=O) groups excluding carboxylic acids is 2. The molecule has 18 nitrogen and oxygen atoms in total. The number of nitrogens with two attached hydrogens (primary N) is 1. The molecule has 2 bridgehead atoms. The zero-order valence-electron chi connectivity index (χ0n) is 39.2. The van der Waals surface area contributed by atoms with Crippen LogP contribution < -0.4 is 5.73 Å². The van der Waals surface area contributed by atoms with Gasteiger partial charge in [-0.3, -0.25) is 9.59 Å². The van der Waals surface area contributed by atoms with Crippen LogP contribution in [0, 0.1) is 17.8 Å². The number of ether oxygens (including phenoxy) is 5. The third kappa shape index (κ3) is 18.6. The minimum absolute atomic E-state index is 0.108. The number of methoxy groups -OCH3 is 1. The van der Waals surface area contributed by atoms with Crippen LogP contribution in [-0.4, -0.2) is 168 Å². The molecule has 66 heavy (non-hydrogen) atoms. The molecular formula is C48H75NO17. The molecule has 0 unspecified atom stereocenters. The molecule has 0 aliphatic carbocycles. The van der Waals surface area contributed by atoms with E-state index in [1.54, 1.807) is 74.6 Å². The Labute approximate surface area is 389 Å². The Morgan fingerprint density at radius 1 is 0.697 bits per heavy atom. The fourth-order valence-electron chi connectivity index (χ4n) is 8.05. The van der Waals surface area contributed by atoms with Gasteiger partial charge in [-0.1, -0.05) is 98.9 Å². The summed E-state index contributed by atoms with van der Waals surface area (Å²) in [5, 5.41) is 109. The fraction of sp³-hybridized carbons (Fsp3) is 0.667. The predicted molar refractivity (Wildman–Crippen MR) is 241 cm³/mol. The van der Waals surface area contributed by atoms with Crippen molar-refractivity contribution in [3.63, 3.8) is 0 Å². The first kappa shape index (κ1) is 55.2. The summed E-state index contributed by atoms with van der Waals surface area (Å²) in [5.41, 5.74) is 6.05. The van der Waals surface area contributed by atoms with Crippen molar-refractivity contribution < 1.29 is 85.7 Å². The minimum atomic E-state index is -2.32. The fourth-order valence-corrected chi connectivity index (χ4v) is 8.05. The van der Waals surface area contributed by atoms with Crippen LogP contribution in [0.4, 0.5) is 0 Å². The summed E-state index contributed by atoms with van der Waals surface area (Å²) in [6.07, 6.45) is 3.70. The van der Waals surface area contributed by atoms with Crippen molar-refractivity contribution in [2.24, 2.45) is 23.5 Å². The van der Waals surface area contributed by atoms with Crippen LogP contribution in [0.3, 0.4) is 0 Å². The smallest absolute Gasteiger partial charge is 0.313 e. The molecule has 2 saturated heterocycles. The van der Waals surface area contributed by atoms with E-state index < -0.39 is 154 Å². The van der Waals surface area contributed by atoms with Crippen molar-refractivity contribution in [2.45, 2.75) is 177 Å². The van der Waals surface area contributed by atoms with Crippen molar-refractivity contribution in [1.82, 2.24) is 0 Å². The Morgan fingerprint density at radius 2 is 1.29 bits per heavy atom. The van der Waals surface area contributed by atoms with Crippen LogP contribution >= 0.6 is 0 Å². The molecule has 12 N–H and O–H groups in total. The van der Waals surface area contributed by atoms with Gasteiger partial charge in [-0.05, 0) is 33.1 Å². The summed E-state index contributed by atoms with van der Waals surface area (Å²) in [7, 11) is -0.784. The maximum atomic E-state index is 13.2. The van der Waals surface area contributed by atoms with Crippen molar-refractivity contribution in [2.75, 3.05) is 7.09 Å². The van der Waals surface area contributed by atoms with Gasteiger partial charge in [0.25, 0.3) is 0 Å². The van der Waals surface area contributed by atoms with Gasteiger partial charge < -0.3 is 80.5 Å². The lowest BCUT2D eigenvalue weighted by Crippen LogP contribution is -2.61. The van der Waals surface area contributed by atoms with Crippen LogP contribution in [0.2, 0.25) is 0 Å². The number of aliphatic hydroxyl groups is 10. The van der Waals surface area contributed by atoms with Gasteiger partial charge in [-0.25, -0.2) is 0 Å². The number of hydrogen-bond donors (Lipinski definition) is 11. The number of esters is 2. The summed E-state index contributed by atoms with van der Waals surface area (Å²) in [4.78, 5) is 25.8. The van der Waals surface area contributed by atoms with Gasteiger partial charge in [0.05, 0.1) is 88.1 Å². The highest BCUT2D eigenvalue weighted by Crippen LogP contribution is 2.38. The summed E-state index contributed by atoms with van der Waals surface area (Å²) < 4.78 is 35.7. The monoisotopic (exact) mass is 939 g/mol. The van der Waals surface area contributed by atoms with Gasteiger partial charge in [0.1, 0.15) is 18.1 Å². The minimum Gasteiger partial charge on any atom is -0.469 e. The maximum Gasteiger partial charge on any atom is 0.313 e. The van der Waals surface area contributed by atoms with Gasteiger partial charge in [0, 0.05) is 37.5 Å². The van der Waals surface area contributed by atoms with E-state index in [0.717, 1.165) is 0 Å². The van der Waals surface area contributed by atoms with E-state index in [-0.39, 0.29) is 31.6 Å². The number of carbonyl (C=O) groups is 2. The lowest BCUT2D eigenvalue weighted by molar-refractivity contribution is -0.308. The average molecular weight is 939 g/mol. The number of rotatable bonds is 3. The van der Waals surface area contributed by atoms with E-state index in [9.17, 15) is 60.7 Å². The van der Waals surface area contributed by atoms with Gasteiger partial charge >= 0.3 is 11.9 Å².